The van der Waals surface area contributed by atoms with Gasteiger partial charge in [-0.05, 0) is 25.2 Å². The quantitative estimate of drug-likeness (QED) is 0.850. The van der Waals surface area contributed by atoms with Crippen molar-refractivity contribution in [3.05, 3.63) is 23.2 Å². The zero-order valence-electron chi connectivity index (χ0n) is 12.0. The number of carbonyl (C=O) groups excluding carboxylic acids is 1. The van der Waals surface area contributed by atoms with Gasteiger partial charge in [0.05, 0.1) is 17.9 Å². The fourth-order valence-corrected chi connectivity index (χ4v) is 2.46. The lowest BCUT2D eigenvalue weighted by atomic mass is 10.2. The highest BCUT2D eigenvalue weighted by Gasteiger charge is 2.20. The molecule has 1 heterocycles. The molecule has 0 aliphatic carbocycles. The molecular weight excluding hydrogens is 276 g/mol. The van der Waals surface area contributed by atoms with Gasteiger partial charge in [-0.15, -0.1) is 0 Å². The molecule has 110 valence electrons. The average Bonchev–Trinajstić information content (AvgIpc) is 2.42. The Morgan fingerprint density at radius 3 is 2.65 bits per heavy atom. The van der Waals surface area contributed by atoms with E-state index in [2.05, 4.69) is 11.9 Å². The summed E-state index contributed by atoms with van der Waals surface area (Å²) in [6.07, 6.45) is 0. The van der Waals surface area contributed by atoms with E-state index >= 15 is 0 Å². The standard InChI is InChI=1S/C14H21ClN4O/c1-17-5-7-19(8-6-17)14(20)10-18(2)13-9-11(15)3-4-12(13)16/h3-4,9H,5-8,10,16H2,1-2H3. The van der Waals surface area contributed by atoms with Gasteiger partial charge in [-0.25, -0.2) is 0 Å². The summed E-state index contributed by atoms with van der Waals surface area (Å²) in [7, 11) is 3.93. The Morgan fingerprint density at radius 1 is 1.35 bits per heavy atom. The van der Waals surface area contributed by atoms with Crippen LogP contribution in [0.1, 0.15) is 0 Å². The van der Waals surface area contributed by atoms with Crippen molar-refractivity contribution >= 4 is 28.9 Å². The van der Waals surface area contributed by atoms with E-state index in [4.69, 9.17) is 17.3 Å². The second-order valence-corrected chi connectivity index (χ2v) is 5.68. The number of nitrogens with zero attached hydrogens (tertiary/aromatic N) is 3. The van der Waals surface area contributed by atoms with Gasteiger partial charge in [0.2, 0.25) is 5.91 Å². The van der Waals surface area contributed by atoms with Crippen LogP contribution in [0.2, 0.25) is 5.02 Å². The fourth-order valence-electron chi connectivity index (χ4n) is 2.29. The molecule has 0 spiro atoms. The lowest BCUT2D eigenvalue weighted by Crippen LogP contribution is -2.49. The van der Waals surface area contributed by atoms with Crippen molar-refractivity contribution in [1.29, 1.82) is 0 Å². The Bertz CT molecular complexity index is 486. The molecule has 5 nitrogen and oxygen atoms in total. The summed E-state index contributed by atoms with van der Waals surface area (Å²) in [5, 5.41) is 0.619. The highest BCUT2D eigenvalue weighted by atomic mass is 35.5. The van der Waals surface area contributed by atoms with Gasteiger partial charge >= 0.3 is 0 Å². The van der Waals surface area contributed by atoms with Crippen LogP contribution in [0.15, 0.2) is 18.2 Å². The van der Waals surface area contributed by atoms with E-state index in [9.17, 15) is 4.79 Å². The smallest absolute Gasteiger partial charge is 0.242 e. The molecule has 0 unspecified atom stereocenters. The summed E-state index contributed by atoms with van der Waals surface area (Å²) in [6.45, 7) is 3.74. The number of benzene rings is 1. The van der Waals surface area contributed by atoms with Crippen molar-refractivity contribution in [3.63, 3.8) is 0 Å². The third-order valence-electron chi connectivity index (χ3n) is 3.63. The van der Waals surface area contributed by atoms with Gasteiger partial charge in [-0.3, -0.25) is 4.79 Å². The highest BCUT2D eigenvalue weighted by Crippen LogP contribution is 2.25. The minimum absolute atomic E-state index is 0.125. The number of amides is 1. The van der Waals surface area contributed by atoms with Crippen LogP contribution in [0.25, 0.3) is 0 Å². The SMILES string of the molecule is CN1CCN(C(=O)CN(C)c2cc(Cl)ccc2N)CC1. The van der Waals surface area contributed by atoms with Gasteiger partial charge < -0.3 is 20.4 Å². The summed E-state index contributed by atoms with van der Waals surface area (Å²) in [5.41, 5.74) is 7.35. The molecule has 1 saturated heterocycles. The lowest BCUT2D eigenvalue weighted by Gasteiger charge is -2.33. The van der Waals surface area contributed by atoms with Crippen LogP contribution in [-0.2, 0) is 4.79 Å². The molecule has 0 aromatic heterocycles. The van der Waals surface area contributed by atoms with Crippen LogP contribution in [0.4, 0.5) is 11.4 Å². The summed E-state index contributed by atoms with van der Waals surface area (Å²) < 4.78 is 0. The number of nitrogen functional groups attached to an aromatic ring is 1. The van der Waals surface area contributed by atoms with E-state index in [-0.39, 0.29) is 5.91 Å². The van der Waals surface area contributed by atoms with Crippen molar-refractivity contribution in [2.24, 2.45) is 0 Å². The van der Waals surface area contributed by atoms with E-state index in [0.29, 0.717) is 17.3 Å². The topological polar surface area (TPSA) is 52.8 Å². The Morgan fingerprint density at radius 2 is 2.00 bits per heavy atom. The molecule has 1 aromatic carbocycles. The Kier molecular flexibility index (Phi) is 4.73. The molecule has 2 rings (SSSR count). The molecule has 6 heteroatoms. The number of piperazine rings is 1. The van der Waals surface area contributed by atoms with Crippen LogP contribution < -0.4 is 10.6 Å². The number of halogens is 1. The monoisotopic (exact) mass is 296 g/mol. The first kappa shape index (κ1) is 14.9. The second kappa shape index (κ2) is 6.33. The molecule has 1 amide bonds. The first-order valence-corrected chi connectivity index (χ1v) is 7.07. The van der Waals surface area contributed by atoms with Gasteiger partial charge in [0.25, 0.3) is 0 Å². The summed E-state index contributed by atoms with van der Waals surface area (Å²) >= 11 is 5.98. The van der Waals surface area contributed by atoms with E-state index < -0.39 is 0 Å². The van der Waals surface area contributed by atoms with Crippen LogP contribution in [0, 0.1) is 0 Å². The molecule has 0 atom stereocenters. The number of hydrogen-bond donors (Lipinski definition) is 1. The molecule has 1 fully saturated rings. The molecule has 0 saturated carbocycles. The minimum atomic E-state index is 0.125. The summed E-state index contributed by atoms with van der Waals surface area (Å²) in [4.78, 5) is 18.3. The number of anilines is 2. The van der Waals surface area contributed by atoms with Crippen molar-refractivity contribution in [3.8, 4) is 0 Å². The first-order chi connectivity index (χ1) is 9.47. The van der Waals surface area contributed by atoms with Crippen molar-refractivity contribution in [1.82, 2.24) is 9.80 Å². The number of rotatable bonds is 3. The van der Waals surface area contributed by atoms with E-state index in [1.807, 2.05) is 16.8 Å². The van der Waals surface area contributed by atoms with Crippen LogP contribution in [0.5, 0.6) is 0 Å². The third-order valence-corrected chi connectivity index (χ3v) is 3.87. The van der Waals surface area contributed by atoms with Crippen LogP contribution in [-0.4, -0.2) is 62.5 Å². The van der Waals surface area contributed by atoms with Crippen molar-refractivity contribution in [2.75, 3.05) is 57.5 Å². The van der Waals surface area contributed by atoms with E-state index in [1.165, 1.54) is 0 Å². The van der Waals surface area contributed by atoms with Crippen molar-refractivity contribution < 1.29 is 4.79 Å². The predicted molar refractivity (Wildman–Crippen MR) is 83.2 cm³/mol. The average molecular weight is 297 g/mol. The molecule has 0 bridgehead atoms. The molecule has 2 N–H and O–H groups in total. The summed E-state index contributed by atoms with van der Waals surface area (Å²) in [6, 6.07) is 5.29. The van der Waals surface area contributed by atoms with E-state index in [1.54, 1.807) is 18.2 Å². The van der Waals surface area contributed by atoms with Crippen LogP contribution in [0.3, 0.4) is 0 Å². The molecule has 1 aromatic rings. The number of likely N-dealkylation sites (N-methyl/N-ethyl adjacent to an activating group) is 2. The normalized spacial score (nSPS) is 16.2. The second-order valence-electron chi connectivity index (χ2n) is 5.24. The van der Waals surface area contributed by atoms with Gasteiger partial charge in [0, 0.05) is 38.2 Å². The molecular formula is C14H21ClN4O. The Balaban J connectivity index is 1.98. The molecule has 20 heavy (non-hydrogen) atoms. The molecule has 1 aliphatic heterocycles. The van der Waals surface area contributed by atoms with Gasteiger partial charge in [0.15, 0.2) is 0 Å². The maximum atomic E-state index is 12.3. The molecule has 0 radical (unpaired) electrons. The number of nitrogens with two attached hydrogens (primary N) is 1. The third kappa shape index (κ3) is 3.55. The van der Waals surface area contributed by atoms with Gasteiger partial charge in [0.1, 0.15) is 0 Å². The maximum Gasteiger partial charge on any atom is 0.242 e. The fraction of sp³-hybridized carbons (Fsp3) is 0.500. The maximum absolute atomic E-state index is 12.3. The number of carbonyl (C=O) groups is 1. The highest BCUT2D eigenvalue weighted by molar-refractivity contribution is 6.31. The van der Waals surface area contributed by atoms with Crippen molar-refractivity contribution in [2.45, 2.75) is 0 Å². The Labute approximate surface area is 124 Å². The number of hydrogen-bond acceptors (Lipinski definition) is 4. The van der Waals surface area contributed by atoms with Gasteiger partial charge in [-0.1, -0.05) is 11.6 Å². The minimum Gasteiger partial charge on any atom is -0.397 e. The first-order valence-electron chi connectivity index (χ1n) is 6.70. The zero-order chi connectivity index (χ0) is 14.7. The zero-order valence-corrected chi connectivity index (χ0v) is 12.7. The predicted octanol–water partition coefficient (Wildman–Crippen LogP) is 1.13. The molecule has 1 aliphatic rings. The Hall–Kier alpha value is -1.46. The van der Waals surface area contributed by atoms with Crippen LogP contribution >= 0.6 is 11.6 Å². The summed E-state index contributed by atoms with van der Waals surface area (Å²) in [5.74, 6) is 0.125. The largest absolute Gasteiger partial charge is 0.397 e. The van der Waals surface area contributed by atoms with E-state index in [0.717, 1.165) is 31.9 Å². The van der Waals surface area contributed by atoms with Gasteiger partial charge in [-0.2, -0.15) is 0 Å². The lowest BCUT2D eigenvalue weighted by molar-refractivity contribution is -0.131.